The summed E-state index contributed by atoms with van der Waals surface area (Å²) in [7, 11) is 0. The van der Waals surface area contributed by atoms with Crippen molar-refractivity contribution in [1.82, 2.24) is 0 Å². The van der Waals surface area contributed by atoms with E-state index in [9.17, 15) is 9.90 Å². The van der Waals surface area contributed by atoms with Crippen LogP contribution in [0.2, 0.25) is 0 Å². The third kappa shape index (κ3) is 5.19. The van der Waals surface area contributed by atoms with E-state index >= 15 is 0 Å². The number of unbranched alkanes of at least 4 members (excludes halogenated alkanes) is 3. The Hall–Kier alpha value is -1.31. The monoisotopic (exact) mass is 384 g/mol. The van der Waals surface area contributed by atoms with Crippen molar-refractivity contribution in [2.24, 2.45) is 10.8 Å². The summed E-state index contributed by atoms with van der Waals surface area (Å²) in [6.45, 7) is 9.25. The quantitative estimate of drug-likeness (QED) is 0.390. The van der Waals surface area contributed by atoms with Gasteiger partial charge in [-0.25, -0.2) is 0 Å². The number of carboxylic acids is 1. The Labute approximate surface area is 172 Å². The van der Waals surface area contributed by atoms with Crippen LogP contribution in [0.3, 0.4) is 0 Å². The van der Waals surface area contributed by atoms with Crippen LogP contribution in [-0.4, -0.2) is 11.1 Å². The fourth-order valence-electron chi connectivity index (χ4n) is 4.78. The van der Waals surface area contributed by atoms with Gasteiger partial charge in [0.15, 0.2) is 0 Å². The van der Waals surface area contributed by atoms with E-state index in [0.717, 1.165) is 38.5 Å². The third-order valence-electron chi connectivity index (χ3n) is 7.85. The maximum absolute atomic E-state index is 11.3. The number of benzene rings is 1. The first-order valence-electron chi connectivity index (χ1n) is 11.6. The third-order valence-corrected chi connectivity index (χ3v) is 7.85. The van der Waals surface area contributed by atoms with Gasteiger partial charge in [-0.2, -0.15) is 0 Å². The Morgan fingerprint density at radius 1 is 0.893 bits per heavy atom. The first-order chi connectivity index (χ1) is 13.3. The van der Waals surface area contributed by atoms with Crippen molar-refractivity contribution >= 4 is 5.97 Å². The zero-order chi connectivity index (χ0) is 20.4. The second-order valence-corrected chi connectivity index (χ2v) is 10.2. The van der Waals surface area contributed by atoms with Gasteiger partial charge < -0.3 is 5.11 Å². The molecule has 2 fully saturated rings. The fraction of sp³-hybridized carbons (Fsp3) is 0.731. The molecule has 0 bridgehead atoms. The van der Waals surface area contributed by atoms with E-state index in [4.69, 9.17) is 0 Å². The van der Waals surface area contributed by atoms with E-state index in [0.29, 0.717) is 5.41 Å². The lowest BCUT2D eigenvalue weighted by Crippen LogP contribution is -2.14. The second kappa shape index (κ2) is 8.59. The van der Waals surface area contributed by atoms with Gasteiger partial charge in [0.05, 0.1) is 5.41 Å². The summed E-state index contributed by atoms with van der Waals surface area (Å²) in [6.07, 6.45) is 15.4. The van der Waals surface area contributed by atoms with Gasteiger partial charge in [0.25, 0.3) is 0 Å². The summed E-state index contributed by atoms with van der Waals surface area (Å²) in [5.41, 5.74) is 7.87. The van der Waals surface area contributed by atoms with Gasteiger partial charge in [0.1, 0.15) is 0 Å². The summed E-state index contributed by atoms with van der Waals surface area (Å²) >= 11 is 0. The maximum atomic E-state index is 11.3. The van der Waals surface area contributed by atoms with Crippen molar-refractivity contribution < 1.29 is 9.90 Å². The number of carboxylic acid groups (broad SMARTS) is 1. The molecule has 28 heavy (non-hydrogen) atoms. The van der Waals surface area contributed by atoms with Crippen LogP contribution in [0, 0.1) is 31.6 Å². The van der Waals surface area contributed by atoms with Gasteiger partial charge in [0.2, 0.25) is 0 Å². The van der Waals surface area contributed by atoms with Crippen LogP contribution in [0.5, 0.6) is 0 Å². The van der Waals surface area contributed by atoms with Gasteiger partial charge in [0, 0.05) is 0 Å². The maximum Gasteiger partial charge on any atom is 0.309 e. The summed E-state index contributed by atoms with van der Waals surface area (Å²) in [5.74, 6) is -0.570. The minimum atomic E-state index is -0.570. The van der Waals surface area contributed by atoms with Gasteiger partial charge in [-0.3, -0.25) is 4.79 Å². The molecule has 0 aromatic heterocycles. The smallest absolute Gasteiger partial charge is 0.309 e. The zero-order valence-corrected chi connectivity index (χ0v) is 18.6. The average Bonchev–Trinajstić information content (AvgIpc) is 3.57. The predicted molar refractivity (Wildman–Crippen MR) is 117 cm³/mol. The number of aliphatic carboxylic acids is 1. The lowest BCUT2D eigenvalue weighted by Gasteiger charge is -2.18. The molecule has 1 aromatic carbocycles. The van der Waals surface area contributed by atoms with E-state index in [1.165, 1.54) is 61.6 Å². The average molecular weight is 385 g/mol. The Balaban J connectivity index is 1.51. The lowest BCUT2D eigenvalue weighted by atomic mass is 9.87. The van der Waals surface area contributed by atoms with Gasteiger partial charge in [-0.05, 0) is 118 Å². The van der Waals surface area contributed by atoms with Gasteiger partial charge in [-0.15, -0.1) is 0 Å². The lowest BCUT2D eigenvalue weighted by molar-refractivity contribution is -0.143. The zero-order valence-electron chi connectivity index (χ0n) is 18.6. The van der Waals surface area contributed by atoms with Gasteiger partial charge in [-0.1, -0.05) is 32.3 Å². The Morgan fingerprint density at radius 3 is 2.14 bits per heavy atom. The molecule has 1 aromatic rings. The number of rotatable bonds is 12. The molecule has 2 nitrogen and oxygen atoms in total. The highest BCUT2D eigenvalue weighted by Crippen LogP contribution is 2.50. The summed E-state index contributed by atoms with van der Waals surface area (Å²) in [4.78, 5) is 11.3. The molecular weight excluding hydrogens is 344 g/mol. The molecule has 0 saturated heterocycles. The van der Waals surface area contributed by atoms with E-state index in [1.807, 2.05) is 0 Å². The second-order valence-electron chi connectivity index (χ2n) is 10.2. The van der Waals surface area contributed by atoms with E-state index in [-0.39, 0.29) is 5.41 Å². The molecule has 2 heteroatoms. The molecule has 2 aliphatic carbocycles. The van der Waals surface area contributed by atoms with Crippen LogP contribution in [0.15, 0.2) is 6.07 Å². The van der Waals surface area contributed by atoms with Crippen LogP contribution in [-0.2, 0) is 17.6 Å². The van der Waals surface area contributed by atoms with E-state index < -0.39 is 5.97 Å². The number of carbonyl (C=O) groups is 1. The summed E-state index contributed by atoms with van der Waals surface area (Å²) in [6, 6.07) is 2.44. The molecule has 1 N–H and O–H groups in total. The van der Waals surface area contributed by atoms with Crippen LogP contribution < -0.4 is 0 Å². The molecule has 2 saturated carbocycles. The van der Waals surface area contributed by atoms with Crippen molar-refractivity contribution in [1.29, 1.82) is 0 Å². The van der Waals surface area contributed by atoms with Crippen LogP contribution in [0.25, 0.3) is 0 Å². The SMILES string of the molecule is Cc1cc(CCCCC2(C)CC2)c(CCCCCC2(C(=O)O)CC2)c(C)c1C. The van der Waals surface area contributed by atoms with Crippen molar-refractivity contribution in [2.75, 3.05) is 0 Å². The summed E-state index contributed by atoms with van der Waals surface area (Å²) in [5, 5.41) is 9.32. The van der Waals surface area contributed by atoms with Crippen molar-refractivity contribution in [3.8, 4) is 0 Å². The highest BCUT2D eigenvalue weighted by Gasteiger charge is 2.49. The first kappa shape index (κ1) is 21.4. The highest BCUT2D eigenvalue weighted by atomic mass is 16.4. The topological polar surface area (TPSA) is 37.3 Å². The summed E-state index contributed by atoms with van der Waals surface area (Å²) < 4.78 is 0. The standard InChI is InChI=1S/C26H40O2/c1-19-18-22(10-7-9-12-25(4)14-15-25)23(21(3)20(19)2)11-6-5-8-13-26(16-17-26)24(27)28/h18H,5-17H2,1-4H3,(H,27,28). The number of hydrogen-bond acceptors (Lipinski definition) is 1. The van der Waals surface area contributed by atoms with Crippen LogP contribution in [0.4, 0.5) is 0 Å². The molecule has 0 amide bonds. The van der Waals surface area contributed by atoms with Crippen LogP contribution in [0.1, 0.15) is 105 Å². The minimum absolute atomic E-state index is 0.347. The first-order valence-corrected chi connectivity index (χ1v) is 11.6. The fourth-order valence-corrected chi connectivity index (χ4v) is 4.78. The molecule has 2 aliphatic rings. The highest BCUT2D eigenvalue weighted by molar-refractivity contribution is 5.77. The number of hydrogen-bond donors (Lipinski definition) is 1. The predicted octanol–water partition coefficient (Wildman–Crippen LogP) is 7.09. The van der Waals surface area contributed by atoms with Gasteiger partial charge >= 0.3 is 5.97 Å². The number of aryl methyl sites for hydroxylation is 2. The van der Waals surface area contributed by atoms with Crippen molar-refractivity contribution in [3.63, 3.8) is 0 Å². The van der Waals surface area contributed by atoms with Crippen molar-refractivity contribution in [3.05, 3.63) is 33.9 Å². The van der Waals surface area contributed by atoms with E-state index in [1.54, 1.807) is 11.1 Å². The Bertz CT molecular complexity index is 708. The minimum Gasteiger partial charge on any atom is -0.481 e. The normalized spacial score (nSPS) is 18.9. The molecule has 0 atom stereocenters. The molecule has 0 aliphatic heterocycles. The Morgan fingerprint density at radius 2 is 1.54 bits per heavy atom. The largest absolute Gasteiger partial charge is 0.481 e. The molecular formula is C26H40O2. The molecule has 0 radical (unpaired) electrons. The molecule has 0 spiro atoms. The molecule has 156 valence electrons. The molecule has 3 rings (SSSR count). The van der Waals surface area contributed by atoms with E-state index in [2.05, 4.69) is 33.8 Å². The van der Waals surface area contributed by atoms with Crippen LogP contribution >= 0.6 is 0 Å². The van der Waals surface area contributed by atoms with Crippen molar-refractivity contribution in [2.45, 2.75) is 111 Å². The molecule has 0 unspecified atom stereocenters. The molecule has 0 heterocycles. The Kier molecular flexibility index (Phi) is 6.57.